The molecule has 3 N–H and O–H groups in total. The zero-order valence-electron chi connectivity index (χ0n) is 23.2. The van der Waals surface area contributed by atoms with E-state index in [0.717, 1.165) is 35.3 Å². The Labute approximate surface area is 233 Å². The summed E-state index contributed by atoms with van der Waals surface area (Å²) >= 11 is 0. The van der Waals surface area contributed by atoms with Gasteiger partial charge in [0.25, 0.3) is 5.91 Å². The van der Waals surface area contributed by atoms with Crippen molar-refractivity contribution in [1.29, 1.82) is 0 Å². The largest absolute Gasteiger partial charge is 0.480 e. The first-order valence-corrected chi connectivity index (χ1v) is 13.8. The molecule has 40 heavy (non-hydrogen) atoms. The van der Waals surface area contributed by atoms with Gasteiger partial charge in [0.15, 0.2) is 0 Å². The third kappa shape index (κ3) is 6.65. The molecule has 4 amide bonds. The van der Waals surface area contributed by atoms with Crippen LogP contribution in [0.15, 0.2) is 18.2 Å². The van der Waals surface area contributed by atoms with Crippen LogP contribution in [0.3, 0.4) is 0 Å². The van der Waals surface area contributed by atoms with Crippen molar-refractivity contribution >= 4 is 30.0 Å². The standard InChI is InChI=1S/C28H38N4O8/c1-28(2,3)22-24(34)32-15-18(13-21(32)25(35)36)40-27(38)31-14-17-9-8-10-19(20(17)16-31)23(33)29-11-6-4-5-7-12-39-26(37)30-22/h8-10,18,21-22H,4-7,11-16H2,1-3H3,(H,29,33)(H,30,37)(H,35,36). The van der Waals surface area contributed by atoms with E-state index in [9.17, 15) is 29.1 Å². The number of carbonyl (C=O) groups excluding carboxylic acids is 4. The lowest BCUT2D eigenvalue weighted by atomic mass is 9.85. The summed E-state index contributed by atoms with van der Waals surface area (Å²) in [6.07, 6.45) is 0.653. The van der Waals surface area contributed by atoms with Gasteiger partial charge in [0, 0.05) is 25.1 Å². The minimum atomic E-state index is -1.23. The highest BCUT2D eigenvalue weighted by Crippen LogP contribution is 2.30. The predicted octanol–water partition coefficient (Wildman–Crippen LogP) is 2.64. The number of benzene rings is 1. The van der Waals surface area contributed by atoms with Crippen LogP contribution in [0.1, 0.15) is 74.4 Å². The number of aliphatic carboxylic acids is 1. The second-order valence-corrected chi connectivity index (χ2v) is 11.6. The summed E-state index contributed by atoms with van der Waals surface area (Å²) in [5, 5.41) is 15.4. The molecule has 3 heterocycles. The van der Waals surface area contributed by atoms with E-state index in [1.54, 1.807) is 32.9 Å². The number of nitrogens with one attached hydrogen (secondary N) is 2. The number of alkyl carbamates (subject to hydrolysis) is 1. The summed E-state index contributed by atoms with van der Waals surface area (Å²) in [7, 11) is 0. The summed E-state index contributed by atoms with van der Waals surface area (Å²) in [5.41, 5.74) is 1.36. The lowest BCUT2D eigenvalue weighted by Crippen LogP contribution is -2.57. The number of cyclic esters (lactones) is 1. The summed E-state index contributed by atoms with van der Waals surface area (Å²) in [4.78, 5) is 66.8. The Morgan fingerprint density at radius 1 is 1.05 bits per heavy atom. The van der Waals surface area contributed by atoms with Gasteiger partial charge in [-0.05, 0) is 41.9 Å². The molecule has 4 bridgehead atoms. The van der Waals surface area contributed by atoms with Crippen LogP contribution in [0.4, 0.5) is 9.59 Å². The molecule has 0 radical (unpaired) electrons. The number of carbonyl (C=O) groups is 5. The molecule has 12 heteroatoms. The second-order valence-electron chi connectivity index (χ2n) is 11.6. The predicted molar refractivity (Wildman–Crippen MR) is 142 cm³/mol. The Kier molecular flexibility index (Phi) is 8.85. The minimum Gasteiger partial charge on any atom is -0.480 e. The smallest absolute Gasteiger partial charge is 0.410 e. The van der Waals surface area contributed by atoms with Gasteiger partial charge in [-0.3, -0.25) is 14.5 Å². The molecular formula is C28H38N4O8. The maximum Gasteiger partial charge on any atom is 0.410 e. The number of carboxylic acids is 1. The van der Waals surface area contributed by atoms with Crippen LogP contribution < -0.4 is 10.6 Å². The van der Waals surface area contributed by atoms with Crippen LogP contribution in [0.5, 0.6) is 0 Å². The van der Waals surface area contributed by atoms with E-state index in [1.165, 1.54) is 4.90 Å². The summed E-state index contributed by atoms with van der Waals surface area (Å²) in [5.74, 6) is -2.02. The molecule has 3 unspecified atom stereocenters. The van der Waals surface area contributed by atoms with Crippen LogP contribution in [0.2, 0.25) is 0 Å². The maximum absolute atomic E-state index is 13.6. The fourth-order valence-electron chi connectivity index (χ4n) is 5.36. The fourth-order valence-corrected chi connectivity index (χ4v) is 5.36. The van der Waals surface area contributed by atoms with Crippen molar-refractivity contribution in [2.75, 3.05) is 19.7 Å². The van der Waals surface area contributed by atoms with E-state index in [0.29, 0.717) is 18.5 Å². The van der Waals surface area contributed by atoms with Crippen molar-refractivity contribution < 1.29 is 38.6 Å². The van der Waals surface area contributed by atoms with E-state index in [1.807, 2.05) is 6.07 Å². The van der Waals surface area contributed by atoms with Gasteiger partial charge in [-0.2, -0.15) is 0 Å². The zero-order chi connectivity index (χ0) is 29.0. The third-order valence-corrected chi connectivity index (χ3v) is 7.55. The highest BCUT2D eigenvalue weighted by molar-refractivity contribution is 5.96. The number of ether oxygens (including phenoxy) is 2. The average molecular weight is 559 g/mol. The Morgan fingerprint density at radius 2 is 1.80 bits per heavy atom. The van der Waals surface area contributed by atoms with Crippen molar-refractivity contribution in [3.8, 4) is 0 Å². The molecule has 1 saturated heterocycles. The molecule has 0 aliphatic carbocycles. The Bertz CT molecular complexity index is 1160. The van der Waals surface area contributed by atoms with E-state index < -0.39 is 47.7 Å². The first kappa shape index (κ1) is 29.2. The Hall–Kier alpha value is -3.83. The van der Waals surface area contributed by atoms with Gasteiger partial charge in [-0.25, -0.2) is 14.4 Å². The number of carboxylic acid groups (broad SMARTS) is 1. The highest BCUT2D eigenvalue weighted by Gasteiger charge is 2.46. The molecule has 3 aliphatic rings. The van der Waals surface area contributed by atoms with Crippen LogP contribution in [-0.4, -0.2) is 82.8 Å². The highest BCUT2D eigenvalue weighted by atomic mass is 16.6. The SMILES string of the molecule is CC(C)(C)C1NC(=O)OCCCCCCNC(=O)c2cccc3c2CN(C3)C(=O)OC2CC(C(=O)O)N(C2)C1=O. The first-order chi connectivity index (χ1) is 19.0. The molecule has 218 valence electrons. The topological polar surface area (TPSA) is 155 Å². The molecule has 0 spiro atoms. The molecule has 1 fully saturated rings. The number of hydrogen-bond donors (Lipinski definition) is 3. The van der Waals surface area contributed by atoms with E-state index in [-0.39, 0.29) is 38.6 Å². The molecule has 4 rings (SSSR count). The number of hydrogen-bond acceptors (Lipinski definition) is 7. The number of nitrogens with zero attached hydrogens (tertiary/aromatic N) is 2. The van der Waals surface area contributed by atoms with E-state index >= 15 is 0 Å². The molecule has 3 aliphatic heterocycles. The van der Waals surface area contributed by atoms with Crippen molar-refractivity contribution in [2.24, 2.45) is 5.41 Å². The van der Waals surface area contributed by atoms with Crippen LogP contribution in [0, 0.1) is 5.41 Å². The van der Waals surface area contributed by atoms with E-state index in [4.69, 9.17) is 9.47 Å². The molecule has 0 aromatic heterocycles. The molecule has 0 saturated carbocycles. The monoisotopic (exact) mass is 558 g/mol. The van der Waals surface area contributed by atoms with Gasteiger partial charge in [-0.1, -0.05) is 39.3 Å². The van der Waals surface area contributed by atoms with Crippen molar-refractivity contribution in [3.63, 3.8) is 0 Å². The quantitative estimate of drug-likeness (QED) is 0.475. The molecule has 12 nitrogen and oxygen atoms in total. The first-order valence-electron chi connectivity index (χ1n) is 13.8. The van der Waals surface area contributed by atoms with Crippen molar-refractivity contribution in [1.82, 2.24) is 20.4 Å². The van der Waals surface area contributed by atoms with Crippen molar-refractivity contribution in [3.05, 3.63) is 34.9 Å². The van der Waals surface area contributed by atoms with Gasteiger partial charge in [-0.15, -0.1) is 0 Å². The minimum absolute atomic E-state index is 0.0808. The number of fused-ring (bicyclic) bond motifs is 3. The second kappa shape index (κ2) is 12.1. The molecule has 1 aromatic carbocycles. The lowest BCUT2D eigenvalue weighted by molar-refractivity contribution is -0.150. The van der Waals surface area contributed by atoms with E-state index in [2.05, 4.69) is 10.6 Å². The number of amides is 4. The van der Waals surface area contributed by atoms with Crippen molar-refractivity contribution in [2.45, 2.75) is 84.2 Å². The van der Waals surface area contributed by atoms with Crippen LogP contribution >= 0.6 is 0 Å². The molecule has 3 atom stereocenters. The molecular weight excluding hydrogens is 520 g/mol. The fraction of sp³-hybridized carbons (Fsp3) is 0.607. The van der Waals surface area contributed by atoms with Gasteiger partial charge in [0.2, 0.25) is 5.91 Å². The summed E-state index contributed by atoms with van der Waals surface area (Å²) in [6.45, 7) is 6.27. The lowest BCUT2D eigenvalue weighted by Gasteiger charge is -2.34. The van der Waals surface area contributed by atoms with Gasteiger partial charge < -0.3 is 30.1 Å². The van der Waals surface area contributed by atoms with Gasteiger partial charge >= 0.3 is 18.2 Å². The molecule has 1 aromatic rings. The summed E-state index contributed by atoms with van der Waals surface area (Å²) < 4.78 is 11.0. The van der Waals surface area contributed by atoms with Crippen LogP contribution in [0.25, 0.3) is 0 Å². The maximum atomic E-state index is 13.6. The Balaban J connectivity index is 1.56. The Morgan fingerprint density at radius 3 is 2.52 bits per heavy atom. The normalized spacial score (nSPS) is 25.2. The third-order valence-electron chi connectivity index (χ3n) is 7.55. The number of rotatable bonds is 1. The van der Waals surface area contributed by atoms with Crippen LogP contribution in [-0.2, 0) is 32.2 Å². The zero-order valence-corrected chi connectivity index (χ0v) is 23.2. The van der Waals surface area contributed by atoms with Gasteiger partial charge in [0.05, 0.1) is 19.7 Å². The average Bonchev–Trinajstić information content (AvgIpc) is 3.52. The van der Waals surface area contributed by atoms with Gasteiger partial charge in [0.1, 0.15) is 18.2 Å². The summed E-state index contributed by atoms with van der Waals surface area (Å²) in [6, 6.07) is 3.10.